The van der Waals surface area contributed by atoms with Crippen molar-refractivity contribution >= 4 is 0 Å². The number of likely N-dealkylation sites (tertiary alicyclic amines) is 1. The molecule has 4 heterocycles. The van der Waals surface area contributed by atoms with Crippen LogP contribution in [0.2, 0.25) is 0 Å². The molecule has 0 amide bonds. The second-order valence-electron chi connectivity index (χ2n) is 7.08. The molecule has 0 bridgehead atoms. The molecule has 5 heteroatoms. The molecule has 25 heavy (non-hydrogen) atoms. The second-order valence-corrected chi connectivity index (χ2v) is 7.08. The number of aromatic nitrogens is 1. The summed E-state index contributed by atoms with van der Waals surface area (Å²) in [5.41, 5.74) is 0.0535. The van der Waals surface area contributed by atoms with Gasteiger partial charge in [0.1, 0.15) is 11.5 Å². The molecule has 0 aromatic carbocycles. The van der Waals surface area contributed by atoms with E-state index in [2.05, 4.69) is 16.0 Å². The number of furan rings is 1. The lowest BCUT2D eigenvalue weighted by Crippen LogP contribution is -2.47. The number of piperidine rings is 1. The minimum atomic E-state index is 0.0535. The molecular weight excluding hydrogens is 316 g/mol. The summed E-state index contributed by atoms with van der Waals surface area (Å²) in [4.78, 5) is 6.56. The number of ether oxygens (including phenoxy) is 2. The van der Waals surface area contributed by atoms with Crippen LogP contribution >= 0.6 is 0 Å². The number of pyridine rings is 1. The van der Waals surface area contributed by atoms with E-state index in [1.807, 2.05) is 18.2 Å². The zero-order valence-corrected chi connectivity index (χ0v) is 14.6. The van der Waals surface area contributed by atoms with Gasteiger partial charge in [-0.3, -0.25) is 9.88 Å². The average molecular weight is 342 g/mol. The van der Waals surface area contributed by atoms with Gasteiger partial charge in [-0.25, -0.2) is 0 Å². The summed E-state index contributed by atoms with van der Waals surface area (Å²) in [6, 6.07) is 7.87. The summed E-state index contributed by atoms with van der Waals surface area (Å²) in [7, 11) is 0. The summed E-state index contributed by atoms with van der Waals surface area (Å²) in [6.45, 7) is 4.66. The summed E-state index contributed by atoms with van der Waals surface area (Å²) < 4.78 is 17.6. The summed E-state index contributed by atoms with van der Waals surface area (Å²) in [5, 5.41) is 0. The Morgan fingerprint density at radius 2 is 2.16 bits per heavy atom. The first-order valence-electron chi connectivity index (χ1n) is 9.26. The SMILES string of the molecule is c1cncc(OCC[C@@H]2CCOC23CCN(Cc2ccco2)CC3)c1. The molecule has 4 rings (SSSR count). The van der Waals surface area contributed by atoms with E-state index in [0.717, 1.165) is 70.0 Å². The smallest absolute Gasteiger partial charge is 0.137 e. The first-order chi connectivity index (χ1) is 12.3. The van der Waals surface area contributed by atoms with Crippen LogP contribution in [0.5, 0.6) is 5.75 Å². The van der Waals surface area contributed by atoms with Gasteiger partial charge in [-0.05, 0) is 55.9 Å². The van der Waals surface area contributed by atoms with Gasteiger partial charge in [0.05, 0.1) is 31.2 Å². The van der Waals surface area contributed by atoms with E-state index in [1.54, 1.807) is 18.7 Å². The van der Waals surface area contributed by atoms with Gasteiger partial charge in [0.25, 0.3) is 0 Å². The molecule has 0 unspecified atom stereocenters. The van der Waals surface area contributed by atoms with Crippen LogP contribution in [0, 0.1) is 5.92 Å². The Balaban J connectivity index is 1.27. The molecule has 2 aliphatic heterocycles. The number of hydrogen-bond acceptors (Lipinski definition) is 5. The standard InChI is InChI=1S/C20H26N2O3/c1-3-18(15-21-9-1)24-13-5-17-6-14-25-20(17)7-10-22(11-8-20)16-19-4-2-12-23-19/h1-4,9,12,15,17H,5-8,10-11,13-14,16H2/t17-/m1/s1. The Kier molecular flexibility index (Phi) is 5.04. The zero-order valence-electron chi connectivity index (χ0n) is 14.6. The monoisotopic (exact) mass is 342 g/mol. The Morgan fingerprint density at radius 1 is 1.24 bits per heavy atom. The topological polar surface area (TPSA) is 47.7 Å². The summed E-state index contributed by atoms with van der Waals surface area (Å²) >= 11 is 0. The Morgan fingerprint density at radius 3 is 2.92 bits per heavy atom. The molecule has 2 aromatic rings. The summed E-state index contributed by atoms with van der Waals surface area (Å²) in [5.74, 6) is 2.49. The van der Waals surface area contributed by atoms with Gasteiger partial charge >= 0.3 is 0 Å². The minimum Gasteiger partial charge on any atom is -0.492 e. The lowest BCUT2D eigenvalue weighted by Gasteiger charge is -2.42. The summed E-state index contributed by atoms with van der Waals surface area (Å²) in [6.07, 6.45) is 9.69. The fourth-order valence-electron chi connectivity index (χ4n) is 4.21. The molecule has 0 aliphatic carbocycles. The fourth-order valence-corrected chi connectivity index (χ4v) is 4.21. The zero-order chi connectivity index (χ0) is 17.0. The fraction of sp³-hybridized carbons (Fsp3) is 0.550. The van der Waals surface area contributed by atoms with Crippen molar-refractivity contribution in [3.05, 3.63) is 48.7 Å². The molecule has 2 fully saturated rings. The Labute approximate surface area is 148 Å². The van der Waals surface area contributed by atoms with Crippen LogP contribution in [0.3, 0.4) is 0 Å². The number of hydrogen-bond donors (Lipinski definition) is 0. The molecule has 0 radical (unpaired) electrons. The molecule has 2 aromatic heterocycles. The van der Waals surface area contributed by atoms with Gasteiger partial charge in [0.15, 0.2) is 0 Å². The van der Waals surface area contributed by atoms with Crippen LogP contribution in [0.25, 0.3) is 0 Å². The van der Waals surface area contributed by atoms with Crippen molar-refractivity contribution in [2.45, 2.75) is 37.8 Å². The van der Waals surface area contributed by atoms with Crippen molar-refractivity contribution in [1.82, 2.24) is 9.88 Å². The van der Waals surface area contributed by atoms with Crippen molar-refractivity contribution in [3.8, 4) is 5.75 Å². The molecule has 1 spiro atoms. The van der Waals surface area contributed by atoms with E-state index in [-0.39, 0.29) is 5.60 Å². The molecule has 2 saturated heterocycles. The van der Waals surface area contributed by atoms with E-state index >= 15 is 0 Å². The Bertz CT molecular complexity index is 636. The lowest BCUT2D eigenvalue weighted by molar-refractivity contribution is -0.0715. The van der Waals surface area contributed by atoms with Crippen LogP contribution in [-0.2, 0) is 11.3 Å². The largest absolute Gasteiger partial charge is 0.492 e. The van der Waals surface area contributed by atoms with Crippen LogP contribution in [0.15, 0.2) is 47.3 Å². The second kappa shape index (κ2) is 7.58. The minimum absolute atomic E-state index is 0.0535. The highest BCUT2D eigenvalue weighted by Crippen LogP contribution is 2.42. The highest BCUT2D eigenvalue weighted by atomic mass is 16.5. The third kappa shape index (κ3) is 3.88. The predicted octanol–water partition coefficient (Wildman–Crippen LogP) is 3.51. The van der Waals surface area contributed by atoms with E-state index < -0.39 is 0 Å². The number of nitrogens with zero attached hydrogens (tertiary/aromatic N) is 2. The van der Waals surface area contributed by atoms with Gasteiger partial charge in [0.2, 0.25) is 0 Å². The van der Waals surface area contributed by atoms with Crippen molar-refractivity contribution < 1.29 is 13.9 Å². The van der Waals surface area contributed by atoms with Gasteiger partial charge in [-0.2, -0.15) is 0 Å². The molecule has 2 aliphatic rings. The van der Waals surface area contributed by atoms with Gasteiger partial charge in [0, 0.05) is 25.9 Å². The lowest BCUT2D eigenvalue weighted by atomic mass is 9.78. The molecule has 1 atom stereocenters. The first kappa shape index (κ1) is 16.6. The molecule has 0 saturated carbocycles. The van der Waals surface area contributed by atoms with Gasteiger partial charge in [-0.15, -0.1) is 0 Å². The van der Waals surface area contributed by atoms with Crippen LogP contribution in [0.4, 0.5) is 0 Å². The van der Waals surface area contributed by atoms with Crippen molar-refractivity contribution in [3.63, 3.8) is 0 Å². The maximum Gasteiger partial charge on any atom is 0.137 e. The van der Waals surface area contributed by atoms with E-state index in [1.165, 1.54) is 0 Å². The van der Waals surface area contributed by atoms with Gasteiger partial charge in [-0.1, -0.05) is 0 Å². The van der Waals surface area contributed by atoms with Crippen LogP contribution in [0.1, 0.15) is 31.4 Å². The maximum atomic E-state index is 6.26. The van der Waals surface area contributed by atoms with Crippen molar-refractivity contribution in [2.75, 3.05) is 26.3 Å². The third-order valence-electron chi connectivity index (χ3n) is 5.63. The third-order valence-corrected chi connectivity index (χ3v) is 5.63. The first-order valence-corrected chi connectivity index (χ1v) is 9.26. The Hall–Kier alpha value is -1.85. The molecule has 134 valence electrons. The molecule has 5 nitrogen and oxygen atoms in total. The van der Waals surface area contributed by atoms with E-state index in [0.29, 0.717) is 5.92 Å². The maximum absolute atomic E-state index is 6.26. The van der Waals surface area contributed by atoms with Crippen molar-refractivity contribution in [1.29, 1.82) is 0 Å². The van der Waals surface area contributed by atoms with Crippen LogP contribution < -0.4 is 4.74 Å². The van der Waals surface area contributed by atoms with Crippen molar-refractivity contribution in [2.24, 2.45) is 5.92 Å². The predicted molar refractivity (Wildman–Crippen MR) is 94.4 cm³/mol. The average Bonchev–Trinajstić information content (AvgIpc) is 3.29. The normalized spacial score (nSPS) is 23.1. The van der Waals surface area contributed by atoms with E-state index in [9.17, 15) is 0 Å². The quantitative estimate of drug-likeness (QED) is 0.804. The molecule has 0 N–H and O–H groups in total. The van der Waals surface area contributed by atoms with Gasteiger partial charge < -0.3 is 13.9 Å². The number of rotatable bonds is 6. The molecular formula is C20H26N2O3. The highest BCUT2D eigenvalue weighted by Gasteiger charge is 2.45. The highest BCUT2D eigenvalue weighted by molar-refractivity contribution is 5.15. The van der Waals surface area contributed by atoms with E-state index in [4.69, 9.17) is 13.9 Å². The van der Waals surface area contributed by atoms with Crippen LogP contribution in [-0.4, -0.2) is 41.8 Å².